The number of fused-ring (bicyclic) bond motifs is 1. The molecule has 0 unspecified atom stereocenters. The lowest BCUT2D eigenvalue weighted by molar-refractivity contribution is -0.129. The average molecular weight is 239 g/mol. The highest BCUT2D eigenvalue weighted by molar-refractivity contribution is 6.03. The van der Waals surface area contributed by atoms with Gasteiger partial charge >= 0.3 is 0 Å². The van der Waals surface area contributed by atoms with Gasteiger partial charge in [0.05, 0.1) is 13.0 Å². The third-order valence-electron chi connectivity index (χ3n) is 3.07. The van der Waals surface area contributed by atoms with Gasteiger partial charge in [0, 0.05) is 0 Å². The lowest BCUT2D eigenvalue weighted by atomic mass is 10.0. The quantitative estimate of drug-likeness (QED) is 0.869. The van der Waals surface area contributed by atoms with Crippen molar-refractivity contribution in [1.82, 2.24) is 5.01 Å². The minimum Gasteiger partial charge on any atom is -0.385 e. The molecule has 0 saturated carbocycles. The number of nitrogens with zero attached hydrogens (tertiary/aromatic N) is 2. The van der Waals surface area contributed by atoms with Crippen LogP contribution < -0.4 is 5.73 Å². The van der Waals surface area contributed by atoms with Crippen molar-refractivity contribution in [2.75, 3.05) is 0 Å². The zero-order valence-corrected chi connectivity index (χ0v) is 9.84. The number of carbonyl (C=O) groups is 1. The molecule has 1 heterocycles. The SMILES string of the molecule is NC1=NN(Cc2cccc3ccccc23)C(=O)C1. The van der Waals surface area contributed by atoms with Crippen molar-refractivity contribution in [3.05, 3.63) is 48.0 Å². The Bertz CT molecular complexity index is 643. The fraction of sp³-hybridized carbons (Fsp3) is 0.143. The molecular formula is C14H13N3O. The molecule has 0 bridgehead atoms. The van der Waals surface area contributed by atoms with Gasteiger partial charge in [0.2, 0.25) is 0 Å². The maximum absolute atomic E-state index is 11.7. The molecule has 0 radical (unpaired) electrons. The zero-order valence-electron chi connectivity index (χ0n) is 9.84. The summed E-state index contributed by atoms with van der Waals surface area (Å²) in [6.07, 6.45) is 0.227. The van der Waals surface area contributed by atoms with E-state index >= 15 is 0 Å². The van der Waals surface area contributed by atoms with E-state index < -0.39 is 0 Å². The summed E-state index contributed by atoms with van der Waals surface area (Å²) in [5.74, 6) is 0.348. The van der Waals surface area contributed by atoms with Gasteiger partial charge in [-0.05, 0) is 16.3 Å². The Labute approximate surface area is 105 Å². The first-order chi connectivity index (χ1) is 8.74. The second-order valence-corrected chi connectivity index (χ2v) is 4.36. The van der Waals surface area contributed by atoms with Gasteiger partial charge in [0.1, 0.15) is 5.84 Å². The molecule has 4 nitrogen and oxygen atoms in total. The largest absolute Gasteiger partial charge is 0.385 e. The molecule has 0 atom stereocenters. The second kappa shape index (κ2) is 4.14. The Balaban J connectivity index is 1.98. The third kappa shape index (κ3) is 1.82. The van der Waals surface area contributed by atoms with E-state index in [2.05, 4.69) is 23.3 Å². The van der Waals surface area contributed by atoms with E-state index in [0.717, 1.165) is 10.9 Å². The van der Waals surface area contributed by atoms with Crippen LogP contribution in [0.25, 0.3) is 10.8 Å². The number of benzene rings is 2. The number of carbonyl (C=O) groups excluding carboxylic acids is 1. The van der Waals surface area contributed by atoms with Gasteiger partial charge < -0.3 is 5.73 Å². The Morgan fingerprint density at radius 3 is 2.72 bits per heavy atom. The summed E-state index contributed by atoms with van der Waals surface area (Å²) in [4.78, 5) is 11.7. The molecule has 2 aromatic carbocycles. The fourth-order valence-corrected chi connectivity index (χ4v) is 2.21. The lowest BCUT2D eigenvalue weighted by Gasteiger charge is -2.13. The molecule has 3 rings (SSSR count). The van der Waals surface area contributed by atoms with Crippen molar-refractivity contribution < 1.29 is 4.79 Å². The predicted molar refractivity (Wildman–Crippen MR) is 70.7 cm³/mol. The highest BCUT2D eigenvalue weighted by atomic mass is 16.2. The number of amides is 1. The van der Waals surface area contributed by atoms with E-state index in [1.54, 1.807) is 0 Å². The highest BCUT2D eigenvalue weighted by Gasteiger charge is 2.22. The molecule has 2 N–H and O–H groups in total. The Kier molecular flexibility index (Phi) is 2.48. The van der Waals surface area contributed by atoms with E-state index in [-0.39, 0.29) is 12.3 Å². The summed E-state index contributed by atoms with van der Waals surface area (Å²) < 4.78 is 0. The summed E-state index contributed by atoms with van der Waals surface area (Å²) in [7, 11) is 0. The van der Waals surface area contributed by atoms with Crippen molar-refractivity contribution >= 4 is 22.5 Å². The van der Waals surface area contributed by atoms with Crippen LogP contribution in [0.2, 0.25) is 0 Å². The second-order valence-electron chi connectivity index (χ2n) is 4.36. The van der Waals surface area contributed by atoms with Gasteiger partial charge in [-0.15, -0.1) is 0 Å². The van der Waals surface area contributed by atoms with E-state index in [9.17, 15) is 4.79 Å². The van der Waals surface area contributed by atoms with Crippen molar-refractivity contribution in [1.29, 1.82) is 0 Å². The molecule has 2 aromatic rings. The van der Waals surface area contributed by atoms with Crippen molar-refractivity contribution in [2.24, 2.45) is 10.8 Å². The van der Waals surface area contributed by atoms with E-state index in [4.69, 9.17) is 5.73 Å². The molecule has 1 amide bonds. The molecule has 4 heteroatoms. The number of nitrogens with two attached hydrogens (primary N) is 1. The van der Waals surface area contributed by atoms with Crippen LogP contribution in [-0.2, 0) is 11.3 Å². The summed E-state index contributed by atoms with van der Waals surface area (Å²) in [6, 6.07) is 14.2. The molecule has 1 aliphatic heterocycles. The monoisotopic (exact) mass is 239 g/mol. The fourth-order valence-electron chi connectivity index (χ4n) is 2.21. The number of hydrogen-bond donors (Lipinski definition) is 1. The molecule has 0 spiro atoms. The third-order valence-corrected chi connectivity index (χ3v) is 3.07. The normalized spacial score (nSPS) is 15.2. The molecule has 0 fully saturated rings. The van der Waals surface area contributed by atoms with Gasteiger partial charge in [-0.25, -0.2) is 5.01 Å². The zero-order chi connectivity index (χ0) is 12.5. The molecule has 0 saturated heterocycles. The van der Waals surface area contributed by atoms with Crippen LogP contribution in [0.1, 0.15) is 12.0 Å². The number of amidine groups is 1. The minimum absolute atomic E-state index is 0.0413. The van der Waals surface area contributed by atoms with Crippen LogP contribution in [0.4, 0.5) is 0 Å². The summed E-state index contributed by atoms with van der Waals surface area (Å²) >= 11 is 0. The van der Waals surface area contributed by atoms with Crippen LogP contribution in [0, 0.1) is 0 Å². The molecule has 90 valence electrons. The van der Waals surface area contributed by atoms with Gasteiger partial charge in [0.25, 0.3) is 5.91 Å². The summed E-state index contributed by atoms with van der Waals surface area (Å²) in [5.41, 5.74) is 6.65. The van der Waals surface area contributed by atoms with Crippen molar-refractivity contribution in [3.8, 4) is 0 Å². The highest BCUT2D eigenvalue weighted by Crippen LogP contribution is 2.21. The Morgan fingerprint density at radius 1 is 1.17 bits per heavy atom. The molecular weight excluding hydrogens is 226 g/mol. The first-order valence-electron chi connectivity index (χ1n) is 5.84. The first-order valence-corrected chi connectivity index (χ1v) is 5.84. The molecule has 1 aliphatic rings. The van der Waals surface area contributed by atoms with Crippen LogP contribution in [-0.4, -0.2) is 16.8 Å². The standard InChI is InChI=1S/C14H13N3O/c15-13-8-14(18)17(16-13)9-11-6-3-5-10-4-1-2-7-12(10)11/h1-7H,8-9H2,(H2,15,16). The van der Waals surface area contributed by atoms with Crippen molar-refractivity contribution in [3.63, 3.8) is 0 Å². The first kappa shape index (κ1) is 10.8. The predicted octanol–water partition coefficient (Wildman–Crippen LogP) is 1.84. The van der Waals surface area contributed by atoms with E-state index in [0.29, 0.717) is 12.4 Å². The van der Waals surface area contributed by atoms with Crippen molar-refractivity contribution in [2.45, 2.75) is 13.0 Å². The number of hydrogen-bond acceptors (Lipinski definition) is 3. The number of hydrazone groups is 1. The summed E-state index contributed by atoms with van der Waals surface area (Å²) in [6.45, 7) is 0.473. The summed E-state index contributed by atoms with van der Waals surface area (Å²) in [5, 5.41) is 7.80. The van der Waals surface area contributed by atoms with Gasteiger partial charge in [0.15, 0.2) is 0 Å². The topological polar surface area (TPSA) is 58.7 Å². The Morgan fingerprint density at radius 2 is 1.94 bits per heavy atom. The van der Waals surface area contributed by atoms with E-state index in [1.807, 2.05) is 24.3 Å². The van der Waals surface area contributed by atoms with Crippen LogP contribution in [0.5, 0.6) is 0 Å². The molecule has 18 heavy (non-hydrogen) atoms. The average Bonchev–Trinajstić information content (AvgIpc) is 2.68. The molecule has 0 aromatic heterocycles. The minimum atomic E-state index is -0.0413. The van der Waals surface area contributed by atoms with Crippen LogP contribution in [0.3, 0.4) is 0 Å². The van der Waals surface area contributed by atoms with E-state index in [1.165, 1.54) is 10.4 Å². The van der Waals surface area contributed by atoms with Crippen LogP contribution >= 0.6 is 0 Å². The van der Waals surface area contributed by atoms with Gasteiger partial charge in [-0.1, -0.05) is 42.5 Å². The smallest absolute Gasteiger partial charge is 0.250 e. The van der Waals surface area contributed by atoms with Gasteiger partial charge in [-0.2, -0.15) is 5.10 Å². The lowest BCUT2D eigenvalue weighted by Crippen LogP contribution is -2.20. The molecule has 0 aliphatic carbocycles. The number of rotatable bonds is 2. The van der Waals surface area contributed by atoms with Crippen LogP contribution in [0.15, 0.2) is 47.6 Å². The van der Waals surface area contributed by atoms with Gasteiger partial charge in [-0.3, -0.25) is 4.79 Å². The maximum atomic E-state index is 11.7. The maximum Gasteiger partial charge on any atom is 0.250 e. The Hall–Kier alpha value is -2.36.